The summed E-state index contributed by atoms with van der Waals surface area (Å²) in [4.78, 5) is 13.6. The highest BCUT2D eigenvalue weighted by atomic mass is 16.3. The third kappa shape index (κ3) is 5.49. The van der Waals surface area contributed by atoms with Crippen LogP contribution in [0.4, 0.5) is 0 Å². The average Bonchev–Trinajstić information content (AvgIpc) is 2.44. The van der Waals surface area contributed by atoms with Crippen LogP contribution in [0.15, 0.2) is 0 Å². The van der Waals surface area contributed by atoms with E-state index in [1.54, 1.807) is 11.9 Å². The van der Waals surface area contributed by atoms with Gasteiger partial charge in [-0.2, -0.15) is 0 Å². The molecule has 1 saturated carbocycles. The zero-order chi connectivity index (χ0) is 14.3. The number of hydrogen-bond acceptors (Lipinski definition) is 3. The van der Waals surface area contributed by atoms with Gasteiger partial charge in [-0.25, -0.2) is 0 Å². The smallest absolute Gasteiger partial charge is 0.252 e. The molecule has 1 fully saturated rings. The molecule has 1 aliphatic carbocycles. The molecule has 4 nitrogen and oxygen atoms in total. The maximum absolute atomic E-state index is 12.0. The van der Waals surface area contributed by atoms with Crippen molar-refractivity contribution in [2.45, 2.75) is 70.4 Å². The lowest BCUT2D eigenvalue weighted by molar-refractivity contribution is -0.140. The van der Waals surface area contributed by atoms with E-state index < -0.39 is 12.1 Å². The Morgan fingerprint density at radius 3 is 2.58 bits per heavy atom. The van der Waals surface area contributed by atoms with Crippen molar-refractivity contribution in [3.8, 4) is 0 Å². The molecule has 0 aromatic rings. The molecule has 0 aromatic heterocycles. The highest BCUT2D eigenvalue weighted by molar-refractivity contribution is 5.81. The number of carbonyl (C=O) groups is 1. The first kappa shape index (κ1) is 16.4. The summed E-state index contributed by atoms with van der Waals surface area (Å²) in [6.07, 6.45) is 7.97. The lowest BCUT2D eigenvalue weighted by Crippen LogP contribution is -2.48. The Morgan fingerprint density at radius 1 is 1.37 bits per heavy atom. The Morgan fingerprint density at radius 2 is 2.00 bits per heavy atom. The molecule has 0 radical (unpaired) electrons. The topological polar surface area (TPSA) is 66.6 Å². The van der Waals surface area contributed by atoms with E-state index in [4.69, 9.17) is 5.73 Å². The first-order valence-electron chi connectivity index (χ1n) is 7.74. The molecular formula is C15H30N2O2. The summed E-state index contributed by atoms with van der Waals surface area (Å²) >= 11 is 0. The third-order valence-corrected chi connectivity index (χ3v) is 4.21. The van der Waals surface area contributed by atoms with Gasteiger partial charge in [0, 0.05) is 19.6 Å². The molecular weight excluding hydrogens is 240 g/mol. The molecule has 0 aliphatic heterocycles. The molecule has 0 spiro atoms. The number of rotatable bonds is 7. The lowest BCUT2D eigenvalue weighted by Gasteiger charge is -2.28. The molecule has 4 heteroatoms. The second-order valence-corrected chi connectivity index (χ2v) is 5.96. The van der Waals surface area contributed by atoms with Crippen LogP contribution in [-0.4, -0.2) is 41.7 Å². The Hall–Kier alpha value is -0.610. The second kappa shape index (κ2) is 8.54. The van der Waals surface area contributed by atoms with E-state index in [0.717, 1.165) is 19.3 Å². The summed E-state index contributed by atoms with van der Waals surface area (Å²) in [5, 5.41) is 10.1. The van der Waals surface area contributed by atoms with Gasteiger partial charge in [0.15, 0.2) is 0 Å². The molecule has 0 aromatic carbocycles. The van der Waals surface area contributed by atoms with Crippen LogP contribution in [0.25, 0.3) is 0 Å². The molecule has 0 saturated heterocycles. The number of aliphatic hydroxyl groups is 1. The van der Waals surface area contributed by atoms with Gasteiger partial charge in [0.1, 0.15) is 6.10 Å². The van der Waals surface area contributed by atoms with Gasteiger partial charge in [0.25, 0.3) is 5.91 Å². The number of aliphatic hydroxyl groups excluding tert-OH is 1. The van der Waals surface area contributed by atoms with Gasteiger partial charge < -0.3 is 15.7 Å². The fourth-order valence-electron chi connectivity index (χ4n) is 2.85. The first-order chi connectivity index (χ1) is 9.06. The molecule has 1 amide bonds. The monoisotopic (exact) mass is 270 g/mol. The van der Waals surface area contributed by atoms with Gasteiger partial charge in [0.05, 0.1) is 0 Å². The summed E-state index contributed by atoms with van der Waals surface area (Å²) < 4.78 is 0. The van der Waals surface area contributed by atoms with Gasteiger partial charge in [-0.05, 0) is 18.8 Å². The normalized spacial score (nSPS) is 20.0. The summed E-state index contributed by atoms with van der Waals surface area (Å²) in [5.41, 5.74) is 6.02. The Kier molecular flexibility index (Phi) is 7.39. The number of carbonyl (C=O) groups excluding carboxylic acids is 1. The molecule has 0 heterocycles. The maximum Gasteiger partial charge on any atom is 0.252 e. The predicted molar refractivity (Wildman–Crippen MR) is 77.7 cm³/mol. The van der Waals surface area contributed by atoms with Crippen LogP contribution in [0, 0.1) is 5.92 Å². The fourth-order valence-corrected chi connectivity index (χ4v) is 2.85. The Bertz CT molecular complexity index is 265. The van der Waals surface area contributed by atoms with Gasteiger partial charge in [-0.15, -0.1) is 0 Å². The van der Waals surface area contributed by atoms with Crippen LogP contribution in [0.1, 0.15) is 58.3 Å². The number of amides is 1. The van der Waals surface area contributed by atoms with Crippen molar-refractivity contribution in [1.29, 1.82) is 0 Å². The minimum Gasteiger partial charge on any atom is -0.382 e. The van der Waals surface area contributed by atoms with Crippen LogP contribution in [0.2, 0.25) is 0 Å². The second-order valence-electron chi connectivity index (χ2n) is 5.96. The van der Waals surface area contributed by atoms with Gasteiger partial charge >= 0.3 is 0 Å². The van der Waals surface area contributed by atoms with Crippen LogP contribution < -0.4 is 5.73 Å². The molecule has 3 N–H and O–H groups in total. The predicted octanol–water partition coefficient (Wildman–Crippen LogP) is 1.90. The SMILES string of the molecule is CCCCN(C)C(=O)C(O)[C@H](N)CC1CCCCC1. The molecule has 2 atom stereocenters. The third-order valence-electron chi connectivity index (χ3n) is 4.21. The van der Waals surface area contributed by atoms with Crippen molar-refractivity contribution < 1.29 is 9.90 Å². The minimum atomic E-state index is -1.04. The lowest BCUT2D eigenvalue weighted by atomic mass is 9.84. The molecule has 0 bridgehead atoms. The summed E-state index contributed by atoms with van der Waals surface area (Å²) in [6, 6.07) is -0.417. The van der Waals surface area contributed by atoms with Crippen molar-refractivity contribution in [1.82, 2.24) is 4.90 Å². The number of hydrogen-bond donors (Lipinski definition) is 2. The van der Waals surface area contributed by atoms with E-state index in [-0.39, 0.29) is 5.91 Å². The summed E-state index contributed by atoms with van der Waals surface area (Å²) in [7, 11) is 1.74. The van der Waals surface area contributed by atoms with Crippen LogP contribution in [0.3, 0.4) is 0 Å². The van der Waals surface area contributed by atoms with E-state index >= 15 is 0 Å². The van der Waals surface area contributed by atoms with Crippen molar-refractivity contribution in [3.05, 3.63) is 0 Å². The molecule has 19 heavy (non-hydrogen) atoms. The summed E-state index contributed by atoms with van der Waals surface area (Å²) in [5.74, 6) is 0.365. The summed E-state index contributed by atoms with van der Waals surface area (Å²) in [6.45, 7) is 2.78. The minimum absolute atomic E-state index is 0.225. The zero-order valence-corrected chi connectivity index (χ0v) is 12.5. The first-order valence-corrected chi connectivity index (χ1v) is 7.74. The number of nitrogens with zero attached hydrogens (tertiary/aromatic N) is 1. The van der Waals surface area contributed by atoms with Gasteiger partial charge in [-0.3, -0.25) is 4.79 Å². The standard InChI is InChI=1S/C15H30N2O2/c1-3-4-10-17(2)15(19)14(18)13(16)11-12-8-6-5-7-9-12/h12-14,18H,3-11,16H2,1-2H3/t13-,14?/m1/s1. The Labute approximate surface area is 117 Å². The van der Waals surface area contributed by atoms with Crippen LogP contribution >= 0.6 is 0 Å². The van der Waals surface area contributed by atoms with Gasteiger partial charge in [-0.1, -0.05) is 45.4 Å². The molecule has 1 rings (SSSR count). The van der Waals surface area contributed by atoms with Crippen molar-refractivity contribution in [3.63, 3.8) is 0 Å². The molecule has 112 valence electrons. The number of likely N-dealkylation sites (N-methyl/N-ethyl adjacent to an activating group) is 1. The van der Waals surface area contributed by atoms with Gasteiger partial charge in [0.2, 0.25) is 0 Å². The quantitative estimate of drug-likeness (QED) is 0.742. The highest BCUT2D eigenvalue weighted by Crippen LogP contribution is 2.27. The van der Waals surface area contributed by atoms with E-state index in [0.29, 0.717) is 12.5 Å². The Balaban J connectivity index is 2.37. The number of unbranched alkanes of at least 4 members (excludes halogenated alkanes) is 1. The van der Waals surface area contributed by atoms with Crippen molar-refractivity contribution in [2.75, 3.05) is 13.6 Å². The van der Waals surface area contributed by atoms with E-state index in [1.807, 2.05) is 0 Å². The zero-order valence-electron chi connectivity index (χ0n) is 12.5. The molecule has 1 aliphatic rings. The highest BCUT2D eigenvalue weighted by Gasteiger charge is 2.28. The van der Waals surface area contributed by atoms with E-state index in [1.165, 1.54) is 32.1 Å². The number of nitrogens with two attached hydrogens (primary N) is 1. The average molecular weight is 270 g/mol. The van der Waals surface area contributed by atoms with Crippen molar-refractivity contribution in [2.24, 2.45) is 11.7 Å². The molecule has 1 unspecified atom stereocenters. The van der Waals surface area contributed by atoms with Crippen LogP contribution in [0.5, 0.6) is 0 Å². The maximum atomic E-state index is 12.0. The van der Waals surface area contributed by atoms with Crippen molar-refractivity contribution >= 4 is 5.91 Å². The van der Waals surface area contributed by atoms with Crippen LogP contribution in [-0.2, 0) is 4.79 Å². The van der Waals surface area contributed by atoms with E-state index in [2.05, 4.69) is 6.92 Å². The largest absolute Gasteiger partial charge is 0.382 e. The van der Waals surface area contributed by atoms with E-state index in [9.17, 15) is 9.90 Å². The fraction of sp³-hybridized carbons (Fsp3) is 0.933.